The van der Waals surface area contributed by atoms with Gasteiger partial charge < -0.3 is 38.0 Å². The predicted molar refractivity (Wildman–Crippen MR) is 214 cm³/mol. The summed E-state index contributed by atoms with van der Waals surface area (Å²) < 4.78 is 69.8. The molecule has 0 N–H and O–H groups in total. The maximum atomic E-state index is 11.3. The van der Waals surface area contributed by atoms with Crippen LogP contribution in [0.4, 0.5) is 11.4 Å². The first-order chi connectivity index (χ1) is 25.1. The van der Waals surface area contributed by atoms with Crippen LogP contribution in [-0.2, 0) is 31.1 Å². The van der Waals surface area contributed by atoms with Gasteiger partial charge in [-0.05, 0) is 78.4 Å². The number of unbranched alkanes of at least 4 members (excludes halogenated alkanes) is 2. The van der Waals surface area contributed by atoms with Crippen molar-refractivity contribution in [3.8, 4) is 0 Å². The first-order valence-electron chi connectivity index (χ1n) is 18.2. The summed E-state index contributed by atoms with van der Waals surface area (Å²) >= 11 is 0. The van der Waals surface area contributed by atoms with E-state index in [9.17, 15) is 25.9 Å². The first-order valence-corrected chi connectivity index (χ1v) is 21.3. The number of benzene rings is 4. The SMILES string of the molecule is CC1(C)C(\C=C/C=C/C=C/C=C2\N(CCCCS(=O)(=O)[O-])c3ccc4ccccc4c3C2(C)C)=[N+](CCCCS(=O)(=O)[O-])c2ccc3ccccc3c21.[I-].[Na+].[Na+]. The molecule has 56 heavy (non-hydrogen) atoms. The molecule has 0 saturated heterocycles. The molecule has 4 aromatic carbocycles. The Kier molecular flexibility index (Phi) is 17.5. The van der Waals surface area contributed by atoms with Gasteiger partial charge in [-0.15, -0.1) is 0 Å². The molecule has 0 aliphatic carbocycles. The van der Waals surface area contributed by atoms with Crippen molar-refractivity contribution in [3.05, 3.63) is 132 Å². The molecule has 0 radical (unpaired) electrons. The van der Waals surface area contributed by atoms with E-state index in [0.29, 0.717) is 38.8 Å². The largest absolute Gasteiger partial charge is 1.00 e. The minimum atomic E-state index is -4.26. The number of nitrogens with zero attached hydrogens (tertiary/aromatic N) is 2. The van der Waals surface area contributed by atoms with Crippen LogP contribution in [-0.4, -0.2) is 60.8 Å². The van der Waals surface area contributed by atoms with Gasteiger partial charge in [-0.2, -0.15) is 4.58 Å². The maximum absolute atomic E-state index is 11.3. The van der Waals surface area contributed by atoms with Gasteiger partial charge in [-0.25, -0.2) is 16.8 Å². The van der Waals surface area contributed by atoms with Crippen LogP contribution in [0.2, 0.25) is 0 Å². The fourth-order valence-corrected chi connectivity index (χ4v) is 9.25. The van der Waals surface area contributed by atoms with Crippen LogP contribution < -0.4 is 88.0 Å². The van der Waals surface area contributed by atoms with Gasteiger partial charge in [0.05, 0.1) is 25.7 Å². The molecule has 13 heteroatoms. The van der Waals surface area contributed by atoms with E-state index in [-0.39, 0.29) is 105 Å². The minimum Gasteiger partial charge on any atom is -1.00 e. The molecule has 4 aromatic rings. The van der Waals surface area contributed by atoms with Crippen molar-refractivity contribution < 1.29 is 114 Å². The van der Waals surface area contributed by atoms with E-state index in [0.717, 1.165) is 33.6 Å². The zero-order chi connectivity index (χ0) is 38.0. The van der Waals surface area contributed by atoms with Crippen LogP contribution in [0.3, 0.4) is 0 Å². The van der Waals surface area contributed by atoms with E-state index in [2.05, 4.69) is 110 Å². The molecule has 0 saturated carbocycles. The summed E-state index contributed by atoms with van der Waals surface area (Å²) in [6, 6.07) is 25.2. The standard InChI is InChI=1S/C43H48N2O6S2.HI.2Na/c1-42(2)38(44(28-14-16-30-52(46,47)48)36-26-24-32-18-10-12-20-34(32)40(36)42)22-8-6-5-7-9-23-39-43(3,4)41-35-21-13-11-19-33(35)25-27-37(41)45(39)29-15-17-31-53(49,50)51;;;/h5-13,18-27H,14-17,28-31H2,1-4H3,(H-,46,47,48,49,50,51);1H;;/q;;2*+1/p-2. The molecule has 0 spiro atoms. The summed E-state index contributed by atoms with van der Waals surface area (Å²) in [6.45, 7) is 10.0. The van der Waals surface area contributed by atoms with E-state index in [1.54, 1.807) is 0 Å². The third kappa shape index (κ3) is 10.9. The molecule has 6 rings (SSSR count). The molecule has 2 heterocycles. The van der Waals surface area contributed by atoms with Gasteiger partial charge in [-0.1, -0.05) is 98.8 Å². The van der Waals surface area contributed by atoms with Gasteiger partial charge in [0.2, 0.25) is 5.69 Å². The van der Waals surface area contributed by atoms with Crippen molar-refractivity contribution in [2.75, 3.05) is 29.5 Å². The van der Waals surface area contributed by atoms with Crippen LogP contribution in [0.1, 0.15) is 64.5 Å². The average Bonchev–Trinajstić information content (AvgIpc) is 3.45. The number of anilines is 1. The Morgan fingerprint density at radius 3 is 1.80 bits per heavy atom. The minimum absolute atomic E-state index is 0. The second-order valence-electron chi connectivity index (χ2n) is 14.9. The van der Waals surface area contributed by atoms with Crippen LogP contribution in [0.5, 0.6) is 0 Å². The molecule has 8 nitrogen and oxygen atoms in total. The number of hydrogen-bond acceptors (Lipinski definition) is 7. The van der Waals surface area contributed by atoms with E-state index in [1.165, 1.54) is 21.9 Å². The molecular formula is C43H47IN2Na2O6S2. The molecule has 0 bridgehead atoms. The van der Waals surface area contributed by atoms with Crippen LogP contribution >= 0.6 is 0 Å². The van der Waals surface area contributed by atoms with Gasteiger partial charge in [-0.3, -0.25) is 0 Å². The molecule has 2 aliphatic rings. The number of rotatable bonds is 14. The van der Waals surface area contributed by atoms with Crippen molar-refractivity contribution in [1.29, 1.82) is 0 Å². The normalized spacial score (nSPS) is 16.8. The summed E-state index contributed by atoms with van der Waals surface area (Å²) in [7, 11) is -8.52. The molecule has 0 atom stereocenters. The van der Waals surface area contributed by atoms with E-state index in [1.807, 2.05) is 42.5 Å². The van der Waals surface area contributed by atoms with Crippen LogP contribution in [0.15, 0.2) is 121 Å². The molecule has 0 amide bonds. The number of halogens is 1. The predicted octanol–water partition coefficient (Wildman–Crippen LogP) is -0.618. The van der Waals surface area contributed by atoms with E-state index in [4.69, 9.17) is 0 Å². The summed E-state index contributed by atoms with van der Waals surface area (Å²) in [5.74, 6) is -0.733. The van der Waals surface area contributed by atoms with Gasteiger partial charge in [0.15, 0.2) is 5.71 Å². The first kappa shape index (κ1) is 48.7. The monoisotopic (exact) mass is 924 g/mol. The van der Waals surface area contributed by atoms with Gasteiger partial charge in [0.1, 0.15) is 6.54 Å². The molecule has 2 aliphatic heterocycles. The second-order valence-corrected chi connectivity index (χ2v) is 18.0. The molecule has 0 unspecified atom stereocenters. The summed E-state index contributed by atoms with van der Waals surface area (Å²) in [5, 5.41) is 4.70. The third-order valence-corrected chi connectivity index (χ3v) is 12.1. The molecular weight excluding hydrogens is 877 g/mol. The van der Waals surface area contributed by atoms with Crippen molar-refractivity contribution >= 4 is 58.9 Å². The Bertz CT molecular complexity index is 2440. The summed E-state index contributed by atoms with van der Waals surface area (Å²) in [6.07, 6.45) is 16.0. The topological polar surface area (TPSA) is 121 Å². The Morgan fingerprint density at radius 2 is 1.18 bits per heavy atom. The van der Waals surface area contributed by atoms with Crippen LogP contribution in [0, 0.1) is 0 Å². The maximum Gasteiger partial charge on any atom is 1.00 e. The second kappa shape index (κ2) is 20.1. The quantitative estimate of drug-likeness (QED) is 0.0414. The van der Waals surface area contributed by atoms with Crippen molar-refractivity contribution in [1.82, 2.24) is 0 Å². The number of fused-ring (bicyclic) bond motifs is 6. The smallest absolute Gasteiger partial charge is 1.00 e. The van der Waals surface area contributed by atoms with Gasteiger partial charge in [0, 0.05) is 59.0 Å². The van der Waals surface area contributed by atoms with Crippen molar-refractivity contribution in [2.45, 2.75) is 64.2 Å². The Hall–Kier alpha value is -1.62. The summed E-state index contributed by atoms with van der Waals surface area (Å²) in [5.41, 5.74) is 6.22. The van der Waals surface area contributed by atoms with E-state index < -0.39 is 20.2 Å². The molecule has 0 aromatic heterocycles. The van der Waals surface area contributed by atoms with Crippen molar-refractivity contribution in [3.63, 3.8) is 0 Å². The zero-order valence-electron chi connectivity index (χ0n) is 33.2. The Morgan fingerprint density at radius 1 is 0.643 bits per heavy atom. The fraction of sp³-hybridized carbons (Fsp3) is 0.326. The average molecular weight is 925 g/mol. The summed E-state index contributed by atoms with van der Waals surface area (Å²) in [4.78, 5) is 2.26. The number of allylic oxidation sites excluding steroid dienone is 8. The molecule has 286 valence electrons. The molecule has 0 fully saturated rings. The van der Waals surface area contributed by atoms with E-state index >= 15 is 0 Å². The van der Waals surface area contributed by atoms with Crippen LogP contribution in [0.25, 0.3) is 21.5 Å². The Balaban J connectivity index is 0.00000280. The van der Waals surface area contributed by atoms with Gasteiger partial charge >= 0.3 is 59.1 Å². The zero-order valence-corrected chi connectivity index (χ0v) is 41.0. The number of hydrogen-bond donors (Lipinski definition) is 0. The Labute approximate surface area is 394 Å². The van der Waals surface area contributed by atoms with Gasteiger partial charge in [0.25, 0.3) is 0 Å². The fourth-order valence-electron chi connectivity index (χ4n) is 8.14. The van der Waals surface area contributed by atoms with Crippen molar-refractivity contribution in [2.24, 2.45) is 0 Å². The third-order valence-electron chi connectivity index (χ3n) is 10.5.